The van der Waals surface area contributed by atoms with E-state index < -0.39 is 6.23 Å². The van der Waals surface area contributed by atoms with Crippen molar-refractivity contribution in [2.75, 3.05) is 26.2 Å². The van der Waals surface area contributed by atoms with Gasteiger partial charge in [-0.3, -0.25) is 15.0 Å². The molecular formula is C20H23ClN2O3. The second-order valence-corrected chi connectivity index (χ2v) is 6.83. The molecule has 1 aliphatic rings. The molecule has 0 spiro atoms. The summed E-state index contributed by atoms with van der Waals surface area (Å²) in [7, 11) is 0. The number of hydrogen-bond donors (Lipinski definition) is 2. The van der Waals surface area contributed by atoms with Crippen LogP contribution in [0.4, 0.5) is 0 Å². The van der Waals surface area contributed by atoms with Crippen LogP contribution in [0.5, 0.6) is 0 Å². The molecule has 1 saturated heterocycles. The van der Waals surface area contributed by atoms with Gasteiger partial charge in [-0.25, -0.2) is 0 Å². The van der Waals surface area contributed by atoms with Crippen molar-refractivity contribution in [2.45, 2.75) is 18.9 Å². The minimum atomic E-state index is -0.906. The highest BCUT2D eigenvalue weighted by molar-refractivity contribution is 6.31. The Morgan fingerprint density at radius 2 is 2.08 bits per heavy atom. The Hall–Kier alpha value is -1.76. The van der Waals surface area contributed by atoms with E-state index in [1.165, 1.54) is 5.56 Å². The molecule has 3 rings (SSSR count). The third kappa shape index (κ3) is 5.37. The average Bonchev–Trinajstić information content (AvgIpc) is 2.67. The molecule has 0 amide bonds. The van der Waals surface area contributed by atoms with Crippen LogP contribution in [0.25, 0.3) is 0 Å². The zero-order valence-electron chi connectivity index (χ0n) is 14.5. The summed E-state index contributed by atoms with van der Waals surface area (Å²) in [5.74, 6) is -0.122. The van der Waals surface area contributed by atoms with Crippen LogP contribution in [0.15, 0.2) is 54.6 Å². The minimum Gasteiger partial charge on any atom is -0.376 e. The van der Waals surface area contributed by atoms with E-state index in [0.717, 1.165) is 13.1 Å². The first-order chi connectivity index (χ1) is 12.6. The summed E-state index contributed by atoms with van der Waals surface area (Å²) in [6.45, 7) is 2.82. The molecule has 26 heavy (non-hydrogen) atoms. The number of Topliss-reactive ketones (excluding diaryl/α,β-unsaturated/α-hetero) is 1. The zero-order valence-corrected chi connectivity index (χ0v) is 15.2. The van der Waals surface area contributed by atoms with E-state index in [0.29, 0.717) is 23.7 Å². The topological polar surface area (TPSA) is 61.8 Å². The molecule has 0 aliphatic carbocycles. The van der Waals surface area contributed by atoms with Gasteiger partial charge in [0.1, 0.15) is 12.3 Å². The third-order valence-corrected chi connectivity index (χ3v) is 4.63. The van der Waals surface area contributed by atoms with E-state index in [4.69, 9.17) is 16.3 Å². The number of ether oxygens (including phenoxy) is 1. The summed E-state index contributed by atoms with van der Waals surface area (Å²) in [5.41, 5.74) is 1.75. The molecule has 2 N–H and O–H groups in total. The van der Waals surface area contributed by atoms with Gasteiger partial charge in [-0.1, -0.05) is 54.1 Å². The molecule has 0 radical (unpaired) electrons. The van der Waals surface area contributed by atoms with Crippen molar-refractivity contribution in [3.05, 3.63) is 70.7 Å². The zero-order chi connectivity index (χ0) is 18.4. The van der Waals surface area contributed by atoms with Crippen LogP contribution in [-0.2, 0) is 11.3 Å². The number of rotatable bonds is 7. The number of benzene rings is 2. The van der Waals surface area contributed by atoms with Crippen LogP contribution in [0.1, 0.15) is 15.9 Å². The number of aliphatic hydroxyl groups is 1. The molecule has 1 fully saturated rings. The minimum absolute atomic E-state index is 0.0278. The fraction of sp³-hybridized carbons (Fsp3) is 0.350. The van der Waals surface area contributed by atoms with Crippen molar-refractivity contribution in [3.8, 4) is 0 Å². The summed E-state index contributed by atoms with van der Waals surface area (Å²) >= 11 is 5.91. The summed E-state index contributed by atoms with van der Waals surface area (Å²) in [4.78, 5) is 14.4. The molecule has 2 aromatic rings. The Morgan fingerprint density at radius 3 is 2.85 bits per heavy atom. The standard InChI is InChI=1S/C20H23ClN2O3/c21-17-8-4-7-16(11-17)18(24)12-22-20(25)19-14-23(9-10-26-19)13-15-5-2-1-3-6-15/h1-8,11,19-20,22,25H,9-10,12-14H2. The Balaban J connectivity index is 1.49. The Kier molecular flexibility index (Phi) is 6.77. The van der Waals surface area contributed by atoms with Crippen molar-refractivity contribution in [1.82, 2.24) is 10.2 Å². The fourth-order valence-electron chi connectivity index (χ4n) is 3.00. The van der Waals surface area contributed by atoms with Gasteiger partial charge in [0.25, 0.3) is 0 Å². The van der Waals surface area contributed by atoms with Gasteiger partial charge in [0.15, 0.2) is 5.78 Å². The van der Waals surface area contributed by atoms with Gasteiger partial charge < -0.3 is 9.84 Å². The normalized spacial score (nSPS) is 19.2. The van der Waals surface area contributed by atoms with Gasteiger partial charge in [-0.2, -0.15) is 0 Å². The molecule has 2 unspecified atom stereocenters. The lowest BCUT2D eigenvalue weighted by atomic mass is 10.1. The van der Waals surface area contributed by atoms with Crippen molar-refractivity contribution in [3.63, 3.8) is 0 Å². The van der Waals surface area contributed by atoms with Gasteiger partial charge in [0.05, 0.1) is 13.2 Å². The Bertz CT molecular complexity index is 726. The second kappa shape index (κ2) is 9.26. The molecule has 5 nitrogen and oxygen atoms in total. The highest BCUT2D eigenvalue weighted by Crippen LogP contribution is 2.13. The van der Waals surface area contributed by atoms with Crippen molar-refractivity contribution in [2.24, 2.45) is 0 Å². The van der Waals surface area contributed by atoms with Crippen LogP contribution >= 0.6 is 11.6 Å². The van der Waals surface area contributed by atoms with Gasteiger partial charge in [-0.15, -0.1) is 0 Å². The number of ketones is 1. The highest BCUT2D eigenvalue weighted by Gasteiger charge is 2.27. The van der Waals surface area contributed by atoms with E-state index >= 15 is 0 Å². The number of carbonyl (C=O) groups is 1. The lowest BCUT2D eigenvalue weighted by molar-refractivity contribution is -0.0991. The van der Waals surface area contributed by atoms with E-state index in [9.17, 15) is 9.90 Å². The number of morpholine rings is 1. The van der Waals surface area contributed by atoms with E-state index in [2.05, 4.69) is 22.3 Å². The molecule has 138 valence electrons. The van der Waals surface area contributed by atoms with Crippen LogP contribution in [-0.4, -0.2) is 54.4 Å². The number of nitrogens with one attached hydrogen (secondary N) is 1. The van der Waals surface area contributed by atoms with Crippen LogP contribution in [0.2, 0.25) is 5.02 Å². The first-order valence-corrected chi connectivity index (χ1v) is 9.08. The summed E-state index contributed by atoms with van der Waals surface area (Å²) in [5, 5.41) is 13.8. The van der Waals surface area contributed by atoms with Crippen molar-refractivity contribution < 1.29 is 14.6 Å². The molecule has 0 saturated carbocycles. The molecular weight excluding hydrogens is 352 g/mol. The molecule has 0 aromatic heterocycles. The SMILES string of the molecule is O=C(CNC(O)C1CN(Cc2ccccc2)CCO1)c1cccc(Cl)c1. The molecule has 2 atom stereocenters. The third-order valence-electron chi connectivity index (χ3n) is 4.40. The smallest absolute Gasteiger partial charge is 0.176 e. The fourth-order valence-corrected chi connectivity index (χ4v) is 3.19. The van der Waals surface area contributed by atoms with Crippen LogP contribution in [0, 0.1) is 0 Å². The van der Waals surface area contributed by atoms with Gasteiger partial charge in [0.2, 0.25) is 0 Å². The first kappa shape index (κ1) is 19.0. The maximum atomic E-state index is 12.2. The number of halogens is 1. The summed E-state index contributed by atoms with van der Waals surface area (Å²) < 4.78 is 5.68. The lowest BCUT2D eigenvalue weighted by Crippen LogP contribution is -2.52. The number of nitrogens with zero attached hydrogens (tertiary/aromatic N) is 1. The second-order valence-electron chi connectivity index (χ2n) is 6.39. The van der Waals surface area contributed by atoms with Gasteiger partial charge in [0, 0.05) is 30.2 Å². The summed E-state index contributed by atoms with van der Waals surface area (Å²) in [6.07, 6.45) is -1.28. The van der Waals surface area contributed by atoms with Crippen LogP contribution in [0.3, 0.4) is 0 Å². The van der Waals surface area contributed by atoms with E-state index in [1.807, 2.05) is 18.2 Å². The first-order valence-electron chi connectivity index (χ1n) is 8.70. The van der Waals surface area contributed by atoms with Gasteiger partial charge in [-0.05, 0) is 17.7 Å². The molecule has 1 heterocycles. The predicted molar refractivity (Wildman–Crippen MR) is 101 cm³/mol. The predicted octanol–water partition coefficient (Wildman–Crippen LogP) is 2.33. The van der Waals surface area contributed by atoms with E-state index in [1.54, 1.807) is 24.3 Å². The number of aliphatic hydroxyl groups excluding tert-OH is 1. The highest BCUT2D eigenvalue weighted by atomic mass is 35.5. The van der Waals surface area contributed by atoms with E-state index in [-0.39, 0.29) is 18.4 Å². The van der Waals surface area contributed by atoms with Crippen LogP contribution < -0.4 is 5.32 Å². The molecule has 2 aromatic carbocycles. The van der Waals surface area contributed by atoms with Crippen molar-refractivity contribution in [1.29, 1.82) is 0 Å². The lowest BCUT2D eigenvalue weighted by Gasteiger charge is -2.35. The van der Waals surface area contributed by atoms with Crippen molar-refractivity contribution >= 4 is 17.4 Å². The number of carbonyl (C=O) groups excluding carboxylic acids is 1. The monoisotopic (exact) mass is 374 g/mol. The number of hydrogen-bond acceptors (Lipinski definition) is 5. The molecule has 6 heteroatoms. The Morgan fingerprint density at radius 1 is 1.27 bits per heavy atom. The van der Waals surface area contributed by atoms with Gasteiger partial charge >= 0.3 is 0 Å². The molecule has 1 aliphatic heterocycles. The summed E-state index contributed by atoms with van der Waals surface area (Å²) in [6, 6.07) is 17.0. The Labute approximate surface area is 158 Å². The quantitative estimate of drug-likeness (QED) is 0.575. The largest absolute Gasteiger partial charge is 0.376 e. The molecule has 0 bridgehead atoms. The maximum absolute atomic E-state index is 12.2. The maximum Gasteiger partial charge on any atom is 0.176 e. The average molecular weight is 375 g/mol.